The highest BCUT2D eigenvalue weighted by molar-refractivity contribution is 7.99. The maximum Gasteiger partial charge on any atom is 0.236 e. The van der Waals surface area contributed by atoms with Gasteiger partial charge in [-0.2, -0.15) is 23.1 Å². The molecule has 2 saturated heterocycles. The van der Waals surface area contributed by atoms with Crippen LogP contribution in [0.2, 0.25) is 0 Å². The monoisotopic (exact) mass is 381 g/mol. The SMILES string of the molecule is CCSC1CCCCN(CC(=O)N2CCN(Cc3ccsc3)CC2)C1. The number of hydrogen-bond acceptors (Lipinski definition) is 5. The quantitative estimate of drug-likeness (QED) is 0.757. The fraction of sp³-hybridized carbons (Fsp3) is 0.737. The largest absolute Gasteiger partial charge is 0.339 e. The Bertz CT molecular complexity index is 515. The number of thioether (sulfide) groups is 1. The molecule has 1 atom stereocenters. The van der Waals surface area contributed by atoms with Crippen LogP contribution in [0.5, 0.6) is 0 Å². The molecule has 0 radical (unpaired) electrons. The van der Waals surface area contributed by atoms with Crippen LogP contribution in [0.3, 0.4) is 0 Å². The molecule has 0 aromatic carbocycles. The molecule has 1 amide bonds. The van der Waals surface area contributed by atoms with Crippen molar-refractivity contribution in [3.63, 3.8) is 0 Å². The molecule has 6 heteroatoms. The first-order valence-electron chi connectivity index (χ1n) is 9.59. The van der Waals surface area contributed by atoms with Crippen molar-refractivity contribution in [3.05, 3.63) is 22.4 Å². The van der Waals surface area contributed by atoms with Crippen LogP contribution < -0.4 is 0 Å². The number of amides is 1. The number of hydrogen-bond donors (Lipinski definition) is 0. The normalized spacial score (nSPS) is 23.6. The Hall–Kier alpha value is -0.560. The first kappa shape index (κ1) is 19.2. The first-order chi connectivity index (χ1) is 12.2. The zero-order valence-corrected chi connectivity index (χ0v) is 17.0. The molecule has 0 N–H and O–H groups in total. The summed E-state index contributed by atoms with van der Waals surface area (Å²) >= 11 is 3.82. The van der Waals surface area contributed by atoms with Gasteiger partial charge < -0.3 is 4.90 Å². The summed E-state index contributed by atoms with van der Waals surface area (Å²) < 4.78 is 0. The molecule has 2 aliphatic rings. The fourth-order valence-corrected chi connectivity index (χ4v) is 5.56. The molecule has 3 heterocycles. The second kappa shape index (κ2) is 9.95. The molecule has 4 nitrogen and oxygen atoms in total. The second-order valence-corrected chi connectivity index (χ2v) is 9.45. The summed E-state index contributed by atoms with van der Waals surface area (Å²) in [6.45, 7) is 9.80. The van der Waals surface area contributed by atoms with Gasteiger partial charge in [0.25, 0.3) is 0 Å². The molecule has 1 aromatic rings. The Morgan fingerprint density at radius 2 is 2.04 bits per heavy atom. The third-order valence-electron chi connectivity index (χ3n) is 5.18. The highest BCUT2D eigenvalue weighted by atomic mass is 32.2. The van der Waals surface area contributed by atoms with Crippen LogP contribution >= 0.6 is 23.1 Å². The Morgan fingerprint density at radius 1 is 1.20 bits per heavy atom. The lowest BCUT2D eigenvalue weighted by Gasteiger charge is -2.36. The van der Waals surface area contributed by atoms with E-state index in [4.69, 9.17) is 0 Å². The molecule has 2 aliphatic heterocycles. The van der Waals surface area contributed by atoms with Gasteiger partial charge in [0.15, 0.2) is 0 Å². The van der Waals surface area contributed by atoms with E-state index in [-0.39, 0.29) is 0 Å². The highest BCUT2D eigenvalue weighted by Crippen LogP contribution is 2.22. The highest BCUT2D eigenvalue weighted by Gasteiger charge is 2.25. The molecule has 140 valence electrons. The molecule has 0 aliphatic carbocycles. The summed E-state index contributed by atoms with van der Waals surface area (Å²) in [5.74, 6) is 1.51. The third-order valence-corrected chi connectivity index (χ3v) is 7.11. The Labute approximate surface area is 160 Å². The van der Waals surface area contributed by atoms with Gasteiger partial charge in [0, 0.05) is 44.5 Å². The van der Waals surface area contributed by atoms with Crippen molar-refractivity contribution in [2.45, 2.75) is 38.0 Å². The van der Waals surface area contributed by atoms with E-state index in [1.165, 1.54) is 30.6 Å². The first-order valence-corrected chi connectivity index (χ1v) is 11.6. The number of likely N-dealkylation sites (tertiary alicyclic amines) is 1. The zero-order chi connectivity index (χ0) is 17.5. The average molecular weight is 382 g/mol. The van der Waals surface area contributed by atoms with E-state index in [0.717, 1.165) is 45.8 Å². The molecule has 3 rings (SSSR count). The van der Waals surface area contributed by atoms with Crippen molar-refractivity contribution >= 4 is 29.0 Å². The van der Waals surface area contributed by atoms with E-state index in [9.17, 15) is 4.79 Å². The van der Waals surface area contributed by atoms with Crippen LogP contribution in [-0.2, 0) is 11.3 Å². The lowest BCUT2D eigenvalue weighted by atomic mass is 10.2. The summed E-state index contributed by atoms with van der Waals surface area (Å²) in [5.41, 5.74) is 1.40. The average Bonchev–Trinajstić information content (AvgIpc) is 3.02. The summed E-state index contributed by atoms with van der Waals surface area (Å²) in [6.07, 6.45) is 3.86. The van der Waals surface area contributed by atoms with Crippen LogP contribution in [0.4, 0.5) is 0 Å². The minimum absolute atomic E-state index is 0.331. The van der Waals surface area contributed by atoms with Crippen LogP contribution in [0, 0.1) is 0 Å². The molecule has 2 fully saturated rings. The number of carbonyl (C=O) groups excluding carboxylic acids is 1. The van der Waals surface area contributed by atoms with E-state index < -0.39 is 0 Å². The number of nitrogens with zero attached hydrogens (tertiary/aromatic N) is 3. The maximum absolute atomic E-state index is 12.7. The Kier molecular flexibility index (Phi) is 7.65. The van der Waals surface area contributed by atoms with E-state index in [1.54, 1.807) is 11.3 Å². The van der Waals surface area contributed by atoms with E-state index in [0.29, 0.717) is 17.7 Å². The predicted molar refractivity (Wildman–Crippen MR) is 108 cm³/mol. The van der Waals surface area contributed by atoms with Crippen LogP contribution in [0.15, 0.2) is 16.8 Å². The lowest BCUT2D eigenvalue weighted by molar-refractivity contribution is -0.134. The minimum Gasteiger partial charge on any atom is -0.339 e. The molecule has 0 saturated carbocycles. The molecule has 0 spiro atoms. The lowest BCUT2D eigenvalue weighted by Crippen LogP contribution is -2.51. The maximum atomic E-state index is 12.7. The van der Waals surface area contributed by atoms with Gasteiger partial charge in [-0.05, 0) is 47.5 Å². The van der Waals surface area contributed by atoms with Crippen molar-refractivity contribution < 1.29 is 4.79 Å². The summed E-state index contributed by atoms with van der Waals surface area (Å²) in [7, 11) is 0. The molecule has 25 heavy (non-hydrogen) atoms. The molecule has 1 unspecified atom stereocenters. The Balaban J connectivity index is 1.42. The van der Waals surface area contributed by atoms with Crippen LogP contribution in [0.25, 0.3) is 0 Å². The van der Waals surface area contributed by atoms with Crippen LogP contribution in [-0.4, -0.2) is 77.4 Å². The van der Waals surface area contributed by atoms with E-state index in [2.05, 4.69) is 50.2 Å². The third kappa shape index (κ3) is 5.98. The smallest absolute Gasteiger partial charge is 0.236 e. The van der Waals surface area contributed by atoms with Gasteiger partial charge in [0.2, 0.25) is 5.91 Å². The van der Waals surface area contributed by atoms with Crippen molar-refractivity contribution in [2.75, 3.05) is 51.6 Å². The number of thiophene rings is 1. The number of carbonyl (C=O) groups is 1. The van der Waals surface area contributed by atoms with Gasteiger partial charge in [-0.1, -0.05) is 13.3 Å². The molecular formula is C19H31N3OS2. The van der Waals surface area contributed by atoms with Gasteiger partial charge in [0.05, 0.1) is 6.54 Å². The van der Waals surface area contributed by atoms with Gasteiger partial charge in [-0.15, -0.1) is 0 Å². The Morgan fingerprint density at radius 3 is 2.76 bits per heavy atom. The summed E-state index contributed by atoms with van der Waals surface area (Å²) in [4.78, 5) is 19.7. The summed E-state index contributed by atoms with van der Waals surface area (Å²) in [6, 6.07) is 2.20. The zero-order valence-electron chi connectivity index (χ0n) is 15.4. The van der Waals surface area contributed by atoms with Gasteiger partial charge in [-0.25, -0.2) is 0 Å². The van der Waals surface area contributed by atoms with Crippen molar-refractivity contribution in [1.82, 2.24) is 14.7 Å². The van der Waals surface area contributed by atoms with Crippen LogP contribution in [0.1, 0.15) is 31.7 Å². The van der Waals surface area contributed by atoms with E-state index >= 15 is 0 Å². The van der Waals surface area contributed by atoms with Gasteiger partial charge in [-0.3, -0.25) is 14.6 Å². The molecular weight excluding hydrogens is 350 g/mol. The second-order valence-electron chi connectivity index (χ2n) is 7.10. The van der Waals surface area contributed by atoms with Gasteiger partial charge >= 0.3 is 0 Å². The number of rotatable bonds is 6. The topological polar surface area (TPSA) is 26.8 Å². The standard InChI is InChI=1S/C19H31N3OS2/c1-2-25-18-5-3-4-7-21(14-18)15-19(23)22-10-8-20(9-11-22)13-17-6-12-24-16-17/h6,12,16,18H,2-5,7-11,13-15H2,1H3. The predicted octanol–water partition coefficient (Wildman–Crippen LogP) is 3.00. The van der Waals surface area contributed by atoms with Gasteiger partial charge in [0.1, 0.15) is 0 Å². The molecule has 1 aromatic heterocycles. The van der Waals surface area contributed by atoms with E-state index in [1.807, 2.05) is 0 Å². The molecule has 0 bridgehead atoms. The summed E-state index contributed by atoms with van der Waals surface area (Å²) in [5, 5.41) is 5.07. The minimum atomic E-state index is 0.331. The van der Waals surface area contributed by atoms with Crippen molar-refractivity contribution in [2.24, 2.45) is 0 Å². The van der Waals surface area contributed by atoms with Crippen molar-refractivity contribution in [3.8, 4) is 0 Å². The fourth-order valence-electron chi connectivity index (χ4n) is 3.78. The number of piperazine rings is 1. The van der Waals surface area contributed by atoms with Crippen molar-refractivity contribution in [1.29, 1.82) is 0 Å².